The van der Waals surface area contributed by atoms with E-state index in [0.717, 1.165) is 10.0 Å². The zero-order chi connectivity index (χ0) is 11.6. The Hall–Kier alpha value is -0.830. The number of carboxylic acids is 1. The molecule has 0 fully saturated rings. The summed E-state index contributed by atoms with van der Waals surface area (Å²) >= 11 is 3.36. The number of halogens is 1. The van der Waals surface area contributed by atoms with E-state index in [1.807, 2.05) is 31.2 Å². The first-order chi connectivity index (χ1) is 6.85. The quantitative estimate of drug-likeness (QED) is 0.910. The summed E-state index contributed by atoms with van der Waals surface area (Å²) in [5.74, 6) is -0.777. The van der Waals surface area contributed by atoms with Crippen LogP contribution in [0.1, 0.15) is 32.3 Å². The van der Waals surface area contributed by atoms with Crippen molar-refractivity contribution in [1.82, 2.24) is 0 Å². The molecule has 0 radical (unpaired) electrons. The molecule has 0 aromatic heterocycles. The van der Waals surface area contributed by atoms with Gasteiger partial charge < -0.3 is 5.11 Å². The van der Waals surface area contributed by atoms with Gasteiger partial charge in [-0.3, -0.25) is 4.79 Å². The van der Waals surface area contributed by atoms with Crippen LogP contribution in [0.4, 0.5) is 0 Å². The Labute approximate surface area is 98.4 Å². The van der Waals surface area contributed by atoms with Gasteiger partial charge in [0.15, 0.2) is 0 Å². The predicted molar refractivity (Wildman–Crippen MR) is 64.0 cm³/mol. The summed E-state index contributed by atoms with van der Waals surface area (Å²) in [5.41, 5.74) is 0.305. The van der Waals surface area contributed by atoms with Gasteiger partial charge in [-0.2, -0.15) is 0 Å². The molecule has 0 saturated carbocycles. The number of carboxylic acid groups (broad SMARTS) is 1. The minimum Gasteiger partial charge on any atom is -0.481 e. The van der Waals surface area contributed by atoms with E-state index in [2.05, 4.69) is 15.9 Å². The second kappa shape index (κ2) is 4.35. The number of carbonyl (C=O) groups is 1. The maximum Gasteiger partial charge on any atom is 0.309 e. The fraction of sp³-hybridized carbons (Fsp3) is 0.417. The van der Waals surface area contributed by atoms with Crippen LogP contribution in [-0.4, -0.2) is 11.1 Å². The SMILES string of the molecule is C[C@@H](c1ccc(Br)cc1)C(C)(C)C(=O)O. The molecule has 0 spiro atoms. The molecule has 1 atom stereocenters. The fourth-order valence-electron chi connectivity index (χ4n) is 1.35. The van der Waals surface area contributed by atoms with Crippen LogP contribution in [0.25, 0.3) is 0 Å². The van der Waals surface area contributed by atoms with Crippen molar-refractivity contribution in [2.24, 2.45) is 5.41 Å². The van der Waals surface area contributed by atoms with Gasteiger partial charge in [0.25, 0.3) is 0 Å². The van der Waals surface area contributed by atoms with Crippen LogP contribution < -0.4 is 0 Å². The summed E-state index contributed by atoms with van der Waals surface area (Å²) in [4.78, 5) is 11.1. The van der Waals surface area contributed by atoms with E-state index < -0.39 is 11.4 Å². The molecule has 0 bridgehead atoms. The molecule has 1 aromatic rings. The summed E-state index contributed by atoms with van der Waals surface area (Å²) in [6.07, 6.45) is 0. The van der Waals surface area contributed by atoms with Crippen LogP contribution >= 0.6 is 15.9 Å². The molecule has 1 rings (SSSR count). The first-order valence-corrected chi connectivity index (χ1v) is 5.64. The Kier molecular flexibility index (Phi) is 3.55. The van der Waals surface area contributed by atoms with Gasteiger partial charge in [-0.25, -0.2) is 0 Å². The average molecular weight is 271 g/mol. The summed E-state index contributed by atoms with van der Waals surface area (Å²) in [6.45, 7) is 5.45. The van der Waals surface area contributed by atoms with E-state index >= 15 is 0 Å². The minimum absolute atomic E-state index is 0.0110. The van der Waals surface area contributed by atoms with Gasteiger partial charge in [-0.15, -0.1) is 0 Å². The molecule has 0 heterocycles. The number of benzene rings is 1. The van der Waals surface area contributed by atoms with Gasteiger partial charge in [0.05, 0.1) is 5.41 Å². The van der Waals surface area contributed by atoms with Crippen molar-refractivity contribution in [2.45, 2.75) is 26.7 Å². The Morgan fingerprint density at radius 2 is 1.80 bits per heavy atom. The highest BCUT2D eigenvalue weighted by atomic mass is 79.9. The van der Waals surface area contributed by atoms with E-state index in [4.69, 9.17) is 5.11 Å². The highest BCUT2D eigenvalue weighted by Crippen LogP contribution is 2.35. The lowest BCUT2D eigenvalue weighted by Gasteiger charge is -2.27. The first-order valence-electron chi connectivity index (χ1n) is 4.84. The monoisotopic (exact) mass is 270 g/mol. The average Bonchev–Trinajstić information content (AvgIpc) is 2.17. The molecule has 0 amide bonds. The summed E-state index contributed by atoms with van der Waals surface area (Å²) in [7, 11) is 0. The maximum atomic E-state index is 11.1. The van der Waals surface area contributed by atoms with Crippen LogP contribution in [0.2, 0.25) is 0 Å². The Balaban J connectivity index is 2.99. The molecule has 3 heteroatoms. The van der Waals surface area contributed by atoms with E-state index in [9.17, 15) is 4.79 Å². The third kappa shape index (κ3) is 2.59. The van der Waals surface area contributed by atoms with Crippen molar-refractivity contribution in [2.75, 3.05) is 0 Å². The zero-order valence-corrected chi connectivity index (χ0v) is 10.7. The second-order valence-corrected chi connectivity index (χ2v) is 5.22. The van der Waals surface area contributed by atoms with Gasteiger partial charge in [-0.1, -0.05) is 35.0 Å². The fourth-order valence-corrected chi connectivity index (χ4v) is 1.62. The highest BCUT2D eigenvalue weighted by Gasteiger charge is 2.34. The second-order valence-electron chi connectivity index (χ2n) is 4.30. The Morgan fingerprint density at radius 3 is 2.20 bits per heavy atom. The minimum atomic E-state index is -0.766. The van der Waals surface area contributed by atoms with Gasteiger partial charge in [0, 0.05) is 4.47 Å². The predicted octanol–water partition coefficient (Wildman–Crippen LogP) is 3.66. The Morgan fingerprint density at radius 1 is 1.33 bits per heavy atom. The lowest BCUT2D eigenvalue weighted by Crippen LogP contribution is -2.29. The largest absolute Gasteiger partial charge is 0.481 e. The van der Waals surface area contributed by atoms with Crippen molar-refractivity contribution < 1.29 is 9.90 Å². The van der Waals surface area contributed by atoms with Gasteiger partial charge in [0.2, 0.25) is 0 Å². The van der Waals surface area contributed by atoms with Crippen LogP contribution in [0.3, 0.4) is 0 Å². The first kappa shape index (κ1) is 12.2. The molecule has 0 aliphatic rings. The standard InChI is InChI=1S/C12H15BrO2/c1-8(12(2,3)11(14)15)9-4-6-10(13)7-5-9/h4-8H,1-3H3,(H,14,15)/t8-/m0/s1. The van der Waals surface area contributed by atoms with Gasteiger partial charge >= 0.3 is 5.97 Å². The number of aliphatic carboxylic acids is 1. The zero-order valence-electron chi connectivity index (χ0n) is 9.12. The maximum absolute atomic E-state index is 11.1. The lowest BCUT2D eigenvalue weighted by atomic mass is 9.76. The van der Waals surface area contributed by atoms with E-state index in [1.54, 1.807) is 13.8 Å². The molecule has 82 valence electrons. The third-order valence-corrected chi connectivity index (χ3v) is 3.53. The molecule has 1 aromatic carbocycles. The van der Waals surface area contributed by atoms with Crippen LogP contribution in [0.15, 0.2) is 28.7 Å². The van der Waals surface area contributed by atoms with Crippen molar-refractivity contribution in [1.29, 1.82) is 0 Å². The summed E-state index contributed by atoms with van der Waals surface area (Å²) in [6, 6.07) is 7.78. The van der Waals surface area contributed by atoms with E-state index in [-0.39, 0.29) is 5.92 Å². The smallest absolute Gasteiger partial charge is 0.309 e. The molecule has 1 N–H and O–H groups in total. The Bertz CT molecular complexity index is 354. The van der Waals surface area contributed by atoms with Crippen LogP contribution in [0.5, 0.6) is 0 Å². The molecule has 0 unspecified atom stereocenters. The third-order valence-electron chi connectivity index (χ3n) is 3.00. The molecule has 15 heavy (non-hydrogen) atoms. The van der Waals surface area contributed by atoms with Gasteiger partial charge in [-0.05, 0) is 37.5 Å². The molecule has 0 aliphatic carbocycles. The normalized spacial score (nSPS) is 13.6. The topological polar surface area (TPSA) is 37.3 Å². The highest BCUT2D eigenvalue weighted by molar-refractivity contribution is 9.10. The number of hydrogen-bond donors (Lipinski definition) is 1. The van der Waals surface area contributed by atoms with Crippen molar-refractivity contribution in [3.8, 4) is 0 Å². The van der Waals surface area contributed by atoms with E-state index in [0.29, 0.717) is 0 Å². The number of rotatable bonds is 3. The molecule has 0 aliphatic heterocycles. The number of hydrogen-bond acceptors (Lipinski definition) is 1. The summed E-state index contributed by atoms with van der Waals surface area (Å²) in [5, 5.41) is 9.12. The van der Waals surface area contributed by atoms with Crippen molar-refractivity contribution in [3.63, 3.8) is 0 Å². The lowest BCUT2D eigenvalue weighted by molar-refractivity contribution is -0.148. The molecular formula is C12H15BrO2. The molecule has 2 nitrogen and oxygen atoms in total. The van der Waals surface area contributed by atoms with Crippen LogP contribution in [0, 0.1) is 5.41 Å². The van der Waals surface area contributed by atoms with Crippen molar-refractivity contribution in [3.05, 3.63) is 34.3 Å². The van der Waals surface area contributed by atoms with Crippen LogP contribution in [-0.2, 0) is 4.79 Å². The molecular weight excluding hydrogens is 256 g/mol. The van der Waals surface area contributed by atoms with E-state index in [1.165, 1.54) is 0 Å². The molecule has 0 saturated heterocycles. The summed E-state index contributed by atoms with van der Waals surface area (Å²) < 4.78 is 1.01. The van der Waals surface area contributed by atoms with Crippen molar-refractivity contribution >= 4 is 21.9 Å². The van der Waals surface area contributed by atoms with Gasteiger partial charge in [0.1, 0.15) is 0 Å².